The molecule has 0 saturated heterocycles. The van der Waals surface area contributed by atoms with E-state index in [1.807, 2.05) is 4.90 Å². The number of aryl methyl sites for hydroxylation is 2. The van der Waals surface area contributed by atoms with Gasteiger partial charge in [0.05, 0.1) is 11.8 Å². The number of aromatic amines is 1. The molecule has 168 valence electrons. The lowest BCUT2D eigenvalue weighted by Gasteiger charge is -2.35. The number of hydrogen-bond acceptors (Lipinski definition) is 6. The van der Waals surface area contributed by atoms with Gasteiger partial charge in [-0.3, -0.25) is 0 Å². The molecule has 32 heavy (non-hydrogen) atoms. The van der Waals surface area contributed by atoms with Gasteiger partial charge in [-0.15, -0.1) is 5.10 Å². The van der Waals surface area contributed by atoms with E-state index in [2.05, 4.69) is 38.8 Å². The van der Waals surface area contributed by atoms with Crippen LogP contribution in [0, 0.1) is 11.6 Å². The Hall–Kier alpha value is -3.07. The van der Waals surface area contributed by atoms with Gasteiger partial charge >= 0.3 is 0 Å². The highest BCUT2D eigenvalue weighted by Crippen LogP contribution is 2.34. The molecular weight excluding hydrogens is 416 g/mol. The van der Waals surface area contributed by atoms with E-state index in [4.69, 9.17) is 9.47 Å². The van der Waals surface area contributed by atoms with Crippen LogP contribution in [0.3, 0.4) is 0 Å². The number of rotatable bonds is 7. The van der Waals surface area contributed by atoms with Crippen LogP contribution >= 0.6 is 0 Å². The van der Waals surface area contributed by atoms with Crippen molar-refractivity contribution >= 4 is 5.69 Å². The Labute approximate surface area is 184 Å². The fourth-order valence-corrected chi connectivity index (χ4v) is 4.36. The zero-order valence-corrected chi connectivity index (χ0v) is 17.9. The summed E-state index contributed by atoms with van der Waals surface area (Å²) in [7, 11) is 1.67. The van der Waals surface area contributed by atoms with Crippen LogP contribution in [-0.2, 0) is 30.5 Å². The second-order valence-corrected chi connectivity index (χ2v) is 8.43. The lowest BCUT2D eigenvalue weighted by atomic mass is 9.92. The first-order valence-corrected chi connectivity index (χ1v) is 10.9. The number of H-pyrrole nitrogens is 1. The molecule has 0 bridgehead atoms. The number of anilines is 1. The maximum atomic E-state index is 14.7. The van der Waals surface area contributed by atoms with E-state index >= 15 is 0 Å². The van der Waals surface area contributed by atoms with Gasteiger partial charge in [0.2, 0.25) is 0 Å². The molecule has 1 fully saturated rings. The first kappa shape index (κ1) is 20.8. The van der Waals surface area contributed by atoms with E-state index in [1.54, 1.807) is 13.2 Å². The molecule has 2 aliphatic rings. The van der Waals surface area contributed by atoms with Crippen molar-refractivity contribution in [3.05, 3.63) is 64.5 Å². The minimum absolute atomic E-state index is 0.0223. The highest BCUT2D eigenvalue weighted by atomic mass is 19.2. The summed E-state index contributed by atoms with van der Waals surface area (Å²) in [5, 5.41) is 13.9. The predicted molar refractivity (Wildman–Crippen MR) is 114 cm³/mol. The molecule has 7 nitrogen and oxygen atoms in total. The normalized spacial score (nSPS) is 20.0. The van der Waals surface area contributed by atoms with E-state index in [0.29, 0.717) is 18.8 Å². The first-order valence-electron chi connectivity index (χ1n) is 10.9. The summed E-state index contributed by atoms with van der Waals surface area (Å²) >= 11 is 0. The molecule has 0 atom stereocenters. The van der Waals surface area contributed by atoms with Crippen molar-refractivity contribution in [3.8, 4) is 5.75 Å². The summed E-state index contributed by atoms with van der Waals surface area (Å²) in [6.07, 6.45) is 4.01. The zero-order chi connectivity index (χ0) is 22.1. The third kappa shape index (κ3) is 4.29. The highest BCUT2D eigenvalue weighted by molar-refractivity contribution is 5.55. The molecule has 1 aliphatic carbocycles. The van der Waals surface area contributed by atoms with Crippen molar-refractivity contribution in [2.75, 3.05) is 18.6 Å². The highest BCUT2D eigenvalue weighted by Gasteiger charge is 2.31. The molecule has 5 rings (SSSR count). The molecule has 0 unspecified atom stereocenters. The second kappa shape index (κ2) is 8.82. The van der Waals surface area contributed by atoms with Crippen molar-refractivity contribution in [1.29, 1.82) is 0 Å². The molecule has 1 saturated carbocycles. The smallest absolute Gasteiger partial charge is 0.182 e. The molecule has 1 aromatic heterocycles. The van der Waals surface area contributed by atoms with E-state index in [-0.39, 0.29) is 17.9 Å². The number of hydrogen-bond donors (Lipinski definition) is 1. The van der Waals surface area contributed by atoms with Gasteiger partial charge in [0.1, 0.15) is 17.7 Å². The van der Waals surface area contributed by atoms with Gasteiger partial charge in [0.25, 0.3) is 0 Å². The van der Waals surface area contributed by atoms with Crippen molar-refractivity contribution < 1.29 is 18.3 Å². The number of nitrogens with zero attached hydrogens (tertiary/aromatic N) is 4. The molecule has 0 spiro atoms. The third-order valence-electron chi connectivity index (χ3n) is 6.33. The van der Waals surface area contributed by atoms with Crippen LogP contribution in [0.25, 0.3) is 0 Å². The summed E-state index contributed by atoms with van der Waals surface area (Å²) in [6.45, 7) is 1.13. The summed E-state index contributed by atoms with van der Waals surface area (Å²) in [5.74, 6) is -0.598. The number of halogens is 2. The number of tetrazole rings is 1. The van der Waals surface area contributed by atoms with E-state index in [1.165, 1.54) is 11.1 Å². The van der Waals surface area contributed by atoms with Gasteiger partial charge in [-0.2, -0.15) is 0 Å². The van der Waals surface area contributed by atoms with E-state index < -0.39 is 11.6 Å². The van der Waals surface area contributed by atoms with Crippen LogP contribution in [0.15, 0.2) is 30.3 Å². The van der Waals surface area contributed by atoms with E-state index in [0.717, 1.165) is 49.6 Å². The van der Waals surface area contributed by atoms with Crippen LogP contribution in [0.4, 0.5) is 14.5 Å². The van der Waals surface area contributed by atoms with Crippen molar-refractivity contribution in [2.45, 2.75) is 50.9 Å². The van der Waals surface area contributed by atoms with Gasteiger partial charge in [-0.25, -0.2) is 13.9 Å². The van der Waals surface area contributed by atoms with Gasteiger partial charge in [0.15, 0.2) is 11.6 Å². The fraction of sp³-hybridized carbons (Fsp3) is 0.435. The number of methoxy groups -OCH3 is 1. The lowest BCUT2D eigenvalue weighted by Crippen LogP contribution is -2.39. The van der Waals surface area contributed by atoms with Crippen LogP contribution in [0.1, 0.15) is 35.4 Å². The Kier molecular flexibility index (Phi) is 5.73. The Morgan fingerprint density at radius 1 is 1.09 bits per heavy atom. The lowest BCUT2D eigenvalue weighted by molar-refractivity contribution is -0.0382. The zero-order valence-electron chi connectivity index (χ0n) is 17.9. The minimum Gasteiger partial charge on any atom is -0.490 e. The molecule has 0 radical (unpaired) electrons. The average Bonchev–Trinajstić information content (AvgIpc) is 3.30. The van der Waals surface area contributed by atoms with Crippen LogP contribution in [0.5, 0.6) is 5.75 Å². The molecule has 1 aliphatic heterocycles. The number of aromatic nitrogens is 4. The van der Waals surface area contributed by atoms with Gasteiger partial charge < -0.3 is 14.4 Å². The van der Waals surface area contributed by atoms with Crippen molar-refractivity contribution in [1.82, 2.24) is 20.6 Å². The fourth-order valence-electron chi connectivity index (χ4n) is 4.36. The monoisotopic (exact) mass is 441 g/mol. The third-order valence-corrected chi connectivity index (χ3v) is 6.33. The van der Waals surface area contributed by atoms with Crippen LogP contribution in [-0.4, -0.2) is 46.5 Å². The van der Waals surface area contributed by atoms with Crippen molar-refractivity contribution in [3.63, 3.8) is 0 Å². The Morgan fingerprint density at radius 2 is 1.97 bits per heavy atom. The molecule has 2 heterocycles. The molecule has 1 N–H and O–H groups in total. The molecular formula is C23H25F2N5O2. The van der Waals surface area contributed by atoms with Gasteiger partial charge in [0, 0.05) is 51.6 Å². The van der Waals surface area contributed by atoms with E-state index in [9.17, 15) is 8.78 Å². The maximum absolute atomic E-state index is 14.7. The van der Waals surface area contributed by atoms with Gasteiger partial charge in [-0.05, 0) is 40.0 Å². The predicted octanol–water partition coefficient (Wildman–Crippen LogP) is 3.38. The Balaban J connectivity index is 1.28. The summed E-state index contributed by atoms with van der Waals surface area (Å²) < 4.78 is 40.1. The maximum Gasteiger partial charge on any atom is 0.182 e. The Morgan fingerprint density at radius 3 is 2.75 bits per heavy atom. The summed E-state index contributed by atoms with van der Waals surface area (Å²) in [4.78, 5) is 1.88. The molecule has 9 heteroatoms. The second-order valence-electron chi connectivity index (χ2n) is 8.43. The number of nitrogens with one attached hydrogen (secondary N) is 1. The van der Waals surface area contributed by atoms with Gasteiger partial charge in [-0.1, -0.05) is 18.2 Å². The van der Waals surface area contributed by atoms with Crippen LogP contribution < -0.4 is 9.64 Å². The molecule has 0 amide bonds. The van der Waals surface area contributed by atoms with Crippen molar-refractivity contribution in [2.24, 2.45) is 0 Å². The van der Waals surface area contributed by atoms with Crippen LogP contribution in [0.2, 0.25) is 0 Å². The number of ether oxygens (including phenoxy) is 2. The Bertz CT molecular complexity index is 1090. The topological polar surface area (TPSA) is 76.2 Å². The number of fused-ring (bicyclic) bond motifs is 1. The summed E-state index contributed by atoms with van der Waals surface area (Å²) in [5.41, 5.74) is 3.81. The quantitative estimate of drug-likeness (QED) is 0.606. The first-order chi connectivity index (χ1) is 15.6. The average molecular weight is 441 g/mol. The standard InChI is InChI=1S/C23H25F2N5O2/c1-31-17-9-18(10-17)32-19-11-20(24)23(25)21(12-19)30-7-6-15-8-14(2-4-16(15)13-30)3-5-22-26-28-29-27-22/h2,4,8,11-12,17-18H,3,5-7,9-10,13H2,1H3,(H,26,27,28,29)/t17-,18-. The largest absolute Gasteiger partial charge is 0.490 e. The minimum atomic E-state index is -0.886. The number of benzene rings is 2. The molecule has 2 aromatic carbocycles. The SMILES string of the molecule is CO[C@H]1C[C@H](Oc2cc(F)c(F)c(N3CCc4cc(CCc5nnn[nH]5)ccc4C3)c2)C1. The summed E-state index contributed by atoms with van der Waals surface area (Å²) in [6, 6.07) is 9.08. The molecule has 3 aromatic rings.